The van der Waals surface area contributed by atoms with Gasteiger partial charge in [-0.1, -0.05) is 41.4 Å². The Hall–Kier alpha value is -1.71. The molecule has 0 atom stereocenters. The summed E-state index contributed by atoms with van der Waals surface area (Å²) in [7, 11) is 3.51. The summed E-state index contributed by atoms with van der Waals surface area (Å²) in [5.74, 6) is 1.24. The van der Waals surface area contributed by atoms with Crippen molar-refractivity contribution in [3.8, 4) is 11.5 Å². The van der Waals surface area contributed by atoms with E-state index in [2.05, 4.69) is 24.4 Å². The van der Waals surface area contributed by atoms with Crippen LogP contribution in [0.5, 0.6) is 11.5 Å². The zero-order chi connectivity index (χ0) is 15.2. The lowest BCUT2D eigenvalue weighted by Crippen LogP contribution is -2.06. The molecule has 0 aliphatic carbocycles. The molecular weight excluding hydrogens is 286 g/mol. The van der Waals surface area contributed by atoms with Gasteiger partial charge < -0.3 is 14.8 Å². The highest BCUT2D eigenvalue weighted by Gasteiger charge is 2.12. The monoisotopic (exact) mass is 305 g/mol. The normalized spacial score (nSPS) is 10.5. The van der Waals surface area contributed by atoms with Gasteiger partial charge in [0.1, 0.15) is 6.61 Å². The number of aryl methyl sites for hydroxylation is 1. The van der Waals surface area contributed by atoms with E-state index in [1.807, 2.05) is 31.3 Å². The Morgan fingerprint density at radius 1 is 1.10 bits per heavy atom. The molecule has 2 rings (SSSR count). The second kappa shape index (κ2) is 7.34. The van der Waals surface area contributed by atoms with Gasteiger partial charge in [-0.25, -0.2) is 0 Å². The third-order valence-electron chi connectivity index (χ3n) is 3.17. The first-order valence-corrected chi connectivity index (χ1v) is 7.21. The average molecular weight is 306 g/mol. The Labute approximate surface area is 130 Å². The molecule has 0 aromatic heterocycles. The minimum Gasteiger partial charge on any atom is -0.493 e. The molecule has 0 aliphatic heterocycles. The van der Waals surface area contributed by atoms with Crippen LogP contribution in [-0.4, -0.2) is 14.2 Å². The molecule has 0 saturated carbocycles. The molecule has 0 spiro atoms. The molecule has 3 nitrogen and oxygen atoms in total. The van der Waals surface area contributed by atoms with Crippen LogP contribution in [-0.2, 0) is 13.2 Å². The largest absolute Gasteiger partial charge is 0.493 e. The average Bonchev–Trinajstić information content (AvgIpc) is 2.47. The number of hydrogen-bond acceptors (Lipinski definition) is 3. The van der Waals surface area contributed by atoms with Crippen molar-refractivity contribution in [1.29, 1.82) is 0 Å². The maximum Gasteiger partial charge on any atom is 0.180 e. The number of halogens is 1. The van der Waals surface area contributed by atoms with Gasteiger partial charge in [0, 0.05) is 6.54 Å². The summed E-state index contributed by atoms with van der Waals surface area (Å²) in [6, 6.07) is 12.1. The lowest BCUT2D eigenvalue weighted by molar-refractivity contribution is 0.284. The molecule has 0 radical (unpaired) electrons. The lowest BCUT2D eigenvalue weighted by Gasteiger charge is -2.14. The molecular formula is C17H20ClNO2. The molecule has 2 aromatic rings. The van der Waals surface area contributed by atoms with Crippen molar-refractivity contribution in [3.63, 3.8) is 0 Å². The van der Waals surface area contributed by atoms with Crippen molar-refractivity contribution < 1.29 is 9.47 Å². The third kappa shape index (κ3) is 4.13. The number of hydrogen-bond donors (Lipinski definition) is 1. The number of nitrogens with one attached hydrogen (secondary N) is 1. The summed E-state index contributed by atoms with van der Waals surface area (Å²) < 4.78 is 11.2. The van der Waals surface area contributed by atoms with Gasteiger partial charge in [-0.3, -0.25) is 0 Å². The first-order valence-electron chi connectivity index (χ1n) is 6.83. The Morgan fingerprint density at radius 2 is 1.81 bits per heavy atom. The van der Waals surface area contributed by atoms with E-state index >= 15 is 0 Å². The zero-order valence-electron chi connectivity index (χ0n) is 12.6. The third-order valence-corrected chi connectivity index (χ3v) is 3.45. The molecule has 21 heavy (non-hydrogen) atoms. The van der Waals surface area contributed by atoms with Crippen molar-refractivity contribution in [2.24, 2.45) is 0 Å². The number of ether oxygens (including phenoxy) is 2. The number of rotatable bonds is 6. The van der Waals surface area contributed by atoms with Crippen molar-refractivity contribution >= 4 is 11.6 Å². The van der Waals surface area contributed by atoms with E-state index in [-0.39, 0.29) is 0 Å². The molecule has 0 heterocycles. The fourth-order valence-corrected chi connectivity index (χ4v) is 2.35. The molecule has 112 valence electrons. The highest BCUT2D eigenvalue weighted by molar-refractivity contribution is 6.32. The maximum absolute atomic E-state index is 6.31. The summed E-state index contributed by atoms with van der Waals surface area (Å²) in [6.45, 7) is 3.25. The first kappa shape index (κ1) is 15.7. The molecule has 4 heteroatoms. The van der Waals surface area contributed by atoms with Gasteiger partial charge in [-0.15, -0.1) is 0 Å². The number of methoxy groups -OCH3 is 1. The van der Waals surface area contributed by atoms with Crippen LogP contribution in [0.3, 0.4) is 0 Å². The van der Waals surface area contributed by atoms with E-state index < -0.39 is 0 Å². The van der Waals surface area contributed by atoms with Gasteiger partial charge in [0.15, 0.2) is 11.5 Å². The van der Waals surface area contributed by atoms with Crippen LogP contribution in [0.15, 0.2) is 36.4 Å². The van der Waals surface area contributed by atoms with Gasteiger partial charge in [-0.2, -0.15) is 0 Å². The summed E-state index contributed by atoms with van der Waals surface area (Å²) in [5, 5.41) is 3.65. The molecule has 0 amide bonds. The lowest BCUT2D eigenvalue weighted by atomic mass is 10.1. The van der Waals surface area contributed by atoms with Gasteiger partial charge >= 0.3 is 0 Å². The quantitative estimate of drug-likeness (QED) is 0.876. The summed E-state index contributed by atoms with van der Waals surface area (Å²) >= 11 is 6.31. The van der Waals surface area contributed by atoms with Crippen LogP contribution in [0.2, 0.25) is 5.02 Å². The predicted octanol–water partition coefficient (Wildman–Crippen LogP) is 3.96. The van der Waals surface area contributed by atoms with Crippen molar-refractivity contribution in [1.82, 2.24) is 5.32 Å². The van der Waals surface area contributed by atoms with Crippen LogP contribution in [0.4, 0.5) is 0 Å². The Balaban J connectivity index is 2.16. The van der Waals surface area contributed by atoms with Crippen molar-refractivity contribution in [2.75, 3.05) is 14.2 Å². The smallest absolute Gasteiger partial charge is 0.180 e. The van der Waals surface area contributed by atoms with Crippen LogP contribution >= 0.6 is 11.6 Å². The topological polar surface area (TPSA) is 30.5 Å². The molecule has 0 bridgehead atoms. The summed E-state index contributed by atoms with van der Waals surface area (Å²) in [5.41, 5.74) is 3.38. The molecule has 0 aliphatic rings. The van der Waals surface area contributed by atoms with Crippen LogP contribution < -0.4 is 14.8 Å². The number of benzene rings is 2. The molecule has 0 fully saturated rings. The van der Waals surface area contributed by atoms with Crippen LogP contribution in [0, 0.1) is 6.92 Å². The second-order valence-corrected chi connectivity index (χ2v) is 5.32. The SMILES string of the molecule is CNCc1cc(Cl)c(OCc2ccc(C)cc2)c(OC)c1. The standard InChI is InChI=1S/C17H20ClNO2/c1-12-4-6-13(7-5-12)11-21-17-15(18)8-14(10-19-2)9-16(17)20-3/h4-9,19H,10-11H2,1-3H3. The minimum atomic E-state index is 0.460. The molecule has 0 saturated heterocycles. The molecule has 1 N–H and O–H groups in total. The van der Waals surface area contributed by atoms with E-state index in [1.54, 1.807) is 7.11 Å². The van der Waals surface area contributed by atoms with E-state index in [1.165, 1.54) is 5.56 Å². The van der Waals surface area contributed by atoms with Gasteiger partial charge in [0.05, 0.1) is 12.1 Å². The summed E-state index contributed by atoms with van der Waals surface area (Å²) in [4.78, 5) is 0. The summed E-state index contributed by atoms with van der Waals surface area (Å²) in [6.07, 6.45) is 0. The Bertz CT molecular complexity index is 596. The second-order valence-electron chi connectivity index (χ2n) is 4.91. The molecule has 0 unspecified atom stereocenters. The van der Waals surface area contributed by atoms with Crippen molar-refractivity contribution in [2.45, 2.75) is 20.1 Å². The first-order chi connectivity index (χ1) is 10.1. The fourth-order valence-electron chi connectivity index (χ4n) is 2.06. The maximum atomic E-state index is 6.31. The Kier molecular flexibility index (Phi) is 5.48. The molecule has 2 aromatic carbocycles. The van der Waals surface area contributed by atoms with E-state index in [0.29, 0.717) is 23.1 Å². The highest BCUT2D eigenvalue weighted by atomic mass is 35.5. The van der Waals surface area contributed by atoms with Crippen LogP contribution in [0.1, 0.15) is 16.7 Å². The highest BCUT2D eigenvalue weighted by Crippen LogP contribution is 2.36. The van der Waals surface area contributed by atoms with E-state index in [4.69, 9.17) is 21.1 Å². The van der Waals surface area contributed by atoms with Gasteiger partial charge in [-0.05, 0) is 37.2 Å². The van der Waals surface area contributed by atoms with E-state index in [9.17, 15) is 0 Å². The van der Waals surface area contributed by atoms with Crippen LogP contribution in [0.25, 0.3) is 0 Å². The minimum absolute atomic E-state index is 0.460. The van der Waals surface area contributed by atoms with E-state index in [0.717, 1.165) is 17.7 Å². The Morgan fingerprint density at radius 3 is 2.43 bits per heavy atom. The van der Waals surface area contributed by atoms with Crippen molar-refractivity contribution in [3.05, 3.63) is 58.1 Å². The predicted molar refractivity (Wildman–Crippen MR) is 86.3 cm³/mol. The van der Waals surface area contributed by atoms with Gasteiger partial charge in [0.25, 0.3) is 0 Å². The fraction of sp³-hybridized carbons (Fsp3) is 0.294. The van der Waals surface area contributed by atoms with Gasteiger partial charge in [0.2, 0.25) is 0 Å². The zero-order valence-corrected chi connectivity index (χ0v) is 13.3.